The molecular formula is C19H19N4O3S+. The highest BCUT2D eigenvalue weighted by Crippen LogP contribution is 2.35. The third kappa shape index (κ3) is 2.91. The third-order valence-corrected chi connectivity index (χ3v) is 5.08. The van der Waals surface area contributed by atoms with Gasteiger partial charge in [-0.1, -0.05) is 23.9 Å². The lowest BCUT2D eigenvalue weighted by molar-refractivity contribution is -0.759. The topological polar surface area (TPSA) is 80.1 Å². The summed E-state index contributed by atoms with van der Waals surface area (Å²) in [7, 11) is 3.22. The molecule has 0 fully saturated rings. The molecule has 1 atom stereocenters. The summed E-state index contributed by atoms with van der Waals surface area (Å²) in [6, 6.07) is 13.3. The van der Waals surface area contributed by atoms with Crippen LogP contribution in [0.4, 0.5) is 5.69 Å². The number of thioether (sulfide) groups is 1. The number of rotatable bonds is 4. The van der Waals surface area contributed by atoms with Crippen LogP contribution in [0.2, 0.25) is 0 Å². The second-order valence-electron chi connectivity index (χ2n) is 5.96. The van der Waals surface area contributed by atoms with Crippen molar-refractivity contribution in [2.75, 3.05) is 25.8 Å². The molecule has 2 aromatic carbocycles. The smallest absolute Gasteiger partial charge is 0.325 e. The molecule has 7 nitrogen and oxygen atoms in total. The molecule has 138 valence electrons. The van der Waals surface area contributed by atoms with Crippen LogP contribution in [0, 0.1) is 0 Å². The number of fused-ring (bicyclic) bond motifs is 3. The number of methoxy groups -OCH3 is 2. The Bertz CT molecular complexity index is 1070. The van der Waals surface area contributed by atoms with Gasteiger partial charge in [-0.3, -0.25) is 9.78 Å². The SMILES string of the molecule is COc1ccc([C@@H]2Nc3ccccc3-c3c(=O)[nH]c(SC)n[n+]32)c(OC)c1. The van der Waals surface area contributed by atoms with Crippen LogP contribution in [0.3, 0.4) is 0 Å². The summed E-state index contributed by atoms with van der Waals surface area (Å²) in [5.74, 6) is 1.35. The van der Waals surface area contributed by atoms with Crippen LogP contribution in [0.15, 0.2) is 52.4 Å². The first kappa shape index (κ1) is 17.4. The van der Waals surface area contributed by atoms with Gasteiger partial charge in [0.1, 0.15) is 11.5 Å². The van der Waals surface area contributed by atoms with E-state index in [0.717, 1.165) is 16.8 Å². The summed E-state index contributed by atoms with van der Waals surface area (Å²) in [6.45, 7) is 0. The molecule has 0 saturated carbocycles. The minimum absolute atomic E-state index is 0.180. The maximum Gasteiger partial charge on any atom is 0.325 e. The highest BCUT2D eigenvalue weighted by molar-refractivity contribution is 7.98. The van der Waals surface area contributed by atoms with Crippen molar-refractivity contribution in [3.8, 4) is 22.8 Å². The lowest BCUT2D eigenvalue weighted by Gasteiger charge is -2.23. The van der Waals surface area contributed by atoms with Gasteiger partial charge in [-0.2, -0.15) is 0 Å². The molecule has 8 heteroatoms. The van der Waals surface area contributed by atoms with Crippen molar-refractivity contribution in [1.82, 2.24) is 10.1 Å². The van der Waals surface area contributed by atoms with Crippen molar-refractivity contribution in [3.05, 3.63) is 58.4 Å². The van der Waals surface area contributed by atoms with E-state index < -0.39 is 6.17 Å². The fraction of sp³-hybridized carbons (Fsp3) is 0.211. The van der Waals surface area contributed by atoms with Crippen LogP contribution in [0.1, 0.15) is 11.7 Å². The van der Waals surface area contributed by atoms with Crippen LogP contribution in [-0.4, -0.2) is 30.6 Å². The minimum Gasteiger partial charge on any atom is -0.497 e. The van der Waals surface area contributed by atoms with E-state index in [4.69, 9.17) is 9.47 Å². The van der Waals surface area contributed by atoms with Gasteiger partial charge in [-0.25, -0.2) is 0 Å². The number of nitrogens with zero attached hydrogens (tertiary/aromatic N) is 2. The Hall–Kier alpha value is -3.00. The Morgan fingerprint density at radius 1 is 1.15 bits per heavy atom. The van der Waals surface area contributed by atoms with Crippen LogP contribution in [0.5, 0.6) is 11.5 Å². The highest BCUT2D eigenvalue weighted by atomic mass is 32.2. The average Bonchev–Trinajstić information content (AvgIpc) is 2.72. The second kappa shape index (κ2) is 6.96. The lowest BCUT2D eigenvalue weighted by atomic mass is 10.0. The summed E-state index contributed by atoms with van der Waals surface area (Å²) >= 11 is 1.38. The predicted octanol–water partition coefficient (Wildman–Crippen LogP) is 2.44. The van der Waals surface area contributed by atoms with Crippen molar-refractivity contribution in [3.63, 3.8) is 0 Å². The molecule has 0 aliphatic carbocycles. The lowest BCUT2D eigenvalue weighted by Crippen LogP contribution is -2.55. The molecule has 0 unspecified atom stereocenters. The summed E-state index contributed by atoms with van der Waals surface area (Å²) in [5, 5.41) is 8.66. The van der Waals surface area contributed by atoms with Crippen molar-refractivity contribution >= 4 is 17.4 Å². The normalized spacial score (nSPS) is 14.7. The van der Waals surface area contributed by atoms with Gasteiger partial charge in [0.15, 0.2) is 0 Å². The van der Waals surface area contributed by atoms with E-state index in [9.17, 15) is 4.79 Å². The van der Waals surface area contributed by atoms with Gasteiger partial charge >= 0.3 is 11.3 Å². The van der Waals surface area contributed by atoms with Crippen LogP contribution in [0.25, 0.3) is 11.3 Å². The minimum atomic E-state index is -0.399. The number of nitrogens with one attached hydrogen (secondary N) is 2. The molecule has 0 amide bonds. The van der Waals surface area contributed by atoms with Gasteiger partial charge in [0.05, 0.1) is 31.0 Å². The van der Waals surface area contributed by atoms with E-state index in [1.807, 2.05) is 48.7 Å². The third-order valence-electron chi connectivity index (χ3n) is 4.51. The molecular weight excluding hydrogens is 364 g/mol. The number of aromatic nitrogens is 3. The summed E-state index contributed by atoms with van der Waals surface area (Å²) < 4.78 is 12.6. The van der Waals surface area contributed by atoms with E-state index in [2.05, 4.69) is 15.4 Å². The number of aromatic amines is 1. The van der Waals surface area contributed by atoms with E-state index in [-0.39, 0.29) is 5.56 Å². The molecule has 27 heavy (non-hydrogen) atoms. The Morgan fingerprint density at radius 3 is 2.70 bits per heavy atom. The molecule has 1 aromatic heterocycles. The first-order valence-electron chi connectivity index (χ1n) is 8.34. The van der Waals surface area contributed by atoms with Gasteiger partial charge in [0.25, 0.3) is 6.17 Å². The molecule has 0 radical (unpaired) electrons. The highest BCUT2D eigenvalue weighted by Gasteiger charge is 2.39. The molecule has 1 aliphatic rings. The molecule has 4 rings (SSSR count). The van der Waals surface area contributed by atoms with Gasteiger partial charge in [-0.15, -0.1) is 0 Å². The second-order valence-corrected chi connectivity index (χ2v) is 6.75. The maximum absolute atomic E-state index is 12.8. The molecule has 0 saturated heterocycles. The molecule has 1 aliphatic heterocycles. The van der Waals surface area contributed by atoms with E-state index in [1.165, 1.54) is 11.8 Å². The molecule has 2 heterocycles. The quantitative estimate of drug-likeness (QED) is 0.532. The van der Waals surface area contributed by atoms with Gasteiger partial charge < -0.3 is 14.8 Å². The molecule has 3 aromatic rings. The van der Waals surface area contributed by atoms with E-state index in [0.29, 0.717) is 22.3 Å². The first-order valence-corrected chi connectivity index (χ1v) is 9.56. The summed E-state index contributed by atoms with van der Waals surface area (Å²) in [4.78, 5) is 15.7. The van der Waals surface area contributed by atoms with Crippen LogP contribution >= 0.6 is 11.8 Å². The zero-order valence-corrected chi connectivity index (χ0v) is 16.0. The largest absolute Gasteiger partial charge is 0.497 e. The van der Waals surface area contributed by atoms with E-state index >= 15 is 0 Å². The van der Waals surface area contributed by atoms with Crippen molar-refractivity contribution in [2.45, 2.75) is 11.3 Å². The molecule has 0 spiro atoms. The fourth-order valence-electron chi connectivity index (χ4n) is 3.24. The number of H-pyrrole nitrogens is 1. The van der Waals surface area contributed by atoms with Crippen molar-refractivity contribution in [2.24, 2.45) is 0 Å². The Balaban J connectivity index is 1.97. The predicted molar refractivity (Wildman–Crippen MR) is 104 cm³/mol. The monoisotopic (exact) mass is 383 g/mol. The number of hydrogen-bond donors (Lipinski definition) is 2. The Morgan fingerprint density at radius 2 is 1.96 bits per heavy atom. The zero-order valence-electron chi connectivity index (χ0n) is 15.1. The van der Waals surface area contributed by atoms with E-state index in [1.54, 1.807) is 18.9 Å². The van der Waals surface area contributed by atoms with Gasteiger partial charge in [0.2, 0.25) is 5.16 Å². The number of benzene rings is 2. The van der Waals surface area contributed by atoms with Crippen LogP contribution < -0.4 is 25.0 Å². The Labute approximate surface area is 160 Å². The molecule has 0 bridgehead atoms. The number of para-hydroxylation sites is 1. The van der Waals surface area contributed by atoms with Gasteiger partial charge in [-0.05, 0) is 35.2 Å². The number of hydrogen-bond acceptors (Lipinski definition) is 6. The number of anilines is 1. The van der Waals surface area contributed by atoms with Crippen molar-refractivity contribution < 1.29 is 14.2 Å². The summed E-state index contributed by atoms with van der Waals surface area (Å²) in [6.07, 6.45) is 1.47. The number of ether oxygens (including phenoxy) is 2. The Kier molecular flexibility index (Phi) is 4.49. The van der Waals surface area contributed by atoms with Crippen LogP contribution in [-0.2, 0) is 0 Å². The standard InChI is InChI=1S/C19H18N4O3S/c1-25-11-8-9-13(15(10-11)26-2)17-20-14-7-5-4-6-12(14)16-18(24)21-19(27-3)22-23(16)17/h4-10,17H,1-3H3,(H,21,22,24)/p+1/t17-/m1/s1. The zero-order chi connectivity index (χ0) is 19.0. The maximum atomic E-state index is 12.8. The first-order chi connectivity index (χ1) is 13.2. The molecule has 2 N–H and O–H groups in total. The average molecular weight is 383 g/mol. The summed E-state index contributed by atoms with van der Waals surface area (Å²) in [5.41, 5.74) is 2.85. The van der Waals surface area contributed by atoms with Gasteiger partial charge in [0, 0.05) is 11.2 Å². The fourth-order valence-corrected chi connectivity index (χ4v) is 3.60. The van der Waals surface area contributed by atoms with Crippen molar-refractivity contribution in [1.29, 1.82) is 0 Å².